The van der Waals surface area contributed by atoms with E-state index in [-0.39, 0.29) is 11.0 Å². The normalized spacial score (nSPS) is 35.1. The summed E-state index contributed by atoms with van der Waals surface area (Å²) in [5.41, 5.74) is 2.06. The van der Waals surface area contributed by atoms with Crippen molar-refractivity contribution in [3.63, 3.8) is 0 Å². The van der Waals surface area contributed by atoms with Gasteiger partial charge in [0.25, 0.3) is 0 Å². The average molecular weight is 273 g/mol. The van der Waals surface area contributed by atoms with Gasteiger partial charge >= 0.3 is 0 Å². The summed E-state index contributed by atoms with van der Waals surface area (Å²) < 4.78 is 6.29. The van der Waals surface area contributed by atoms with Crippen LogP contribution in [0.5, 0.6) is 0 Å². The maximum absolute atomic E-state index is 6.29. The fraction of sp³-hybridized carbons (Fsp3) is 0.588. The summed E-state index contributed by atoms with van der Waals surface area (Å²) in [5.74, 6) is -0.658. The highest BCUT2D eigenvalue weighted by Crippen LogP contribution is 2.54. The second-order valence-corrected chi connectivity index (χ2v) is 6.82. The molecule has 3 rings (SSSR count). The van der Waals surface area contributed by atoms with Crippen LogP contribution in [0.1, 0.15) is 46.1 Å². The van der Waals surface area contributed by atoms with E-state index < -0.39 is 5.79 Å². The average Bonchev–Trinajstić information content (AvgIpc) is 2.63. The third kappa shape index (κ3) is 1.96. The van der Waals surface area contributed by atoms with E-state index in [9.17, 15) is 0 Å². The minimum atomic E-state index is -0.658. The van der Waals surface area contributed by atoms with Gasteiger partial charge in [0.1, 0.15) is 0 Å². The van der Waals surface area contributed by atoms with Crippen molar-refractivity contribution >= 4 is 5.71 Å². The maximum atomic E-state index is 6.29. The predicted octanol–water partition coefficient (Wildman–Crippen LogP) is 3.93. The number of ether oxygens (including phenoxy) is 1. The zero-order valence-corrected chi connectivity index (χ0v) is 12.8. The van der Waals surface area contributed by atoms with Gasteiger partial charge in [-0.3, -0.25) is 0 Å². The molecule has 1 aromatic rings. The zero-order chi connectivity index (χ0) is 14.4. The van der Waals surface area contributed by atoms with Crippen molar-refractivity contribution in [2.75, 3.05) is 0 Å². The number of oxime groups is 1. The Labute approximate surface area is 121 Å². The molecule has 3 heteroatoms. The third-order valence-corrected chi connectivity index (χ3v) is 4.89. The smallest absolute Gasteiger partial charge is 0.245 e. The Bertz CT molecular complexity index is 537. The quantitative estimate of drug-likeness (QED) is 0.817. The number of nitrogens with zero attached hydrogens (tertiary/aromatic N) is 1. The van der Waals surface area contributed by atoms with Crippen molar-refractivity contribution < 1.29 is 9.57 Å². The summed E-state index contributed by atoms with van der Waals surface area (Å²) in [5, 5.41) is 4.28. The Balaban J connectivity index is 1.97. The van der Waals surface area contributed by atoms with Crippen LogP contribution in [0.4, 0.5) is 0 Å². The van der Waals surface area contributed by atoms with Gasteiger partial charge in [-0.25, -0.2) is 0 Å². The Morgan fingerprint density at radius 1 is 1.10 bits per heavy atom. The Kier molecular flexibility index (Phi) is 2.94. The molecule has 1 saturated heterocycles. The minimum Gasteiger partial charge on any atom is -0.360 e. The van der Waals surface area contributed by atoms with Gasteiger partial charge in [-0.2, -0.15) is 0 Å². The van der Waals surface area contributed by atoms with Crippen molar-refractivity contribution in [2.24, 2.45) is 10.6 Å². The molecule has 3 nitrogen and oxygen atoms in total. The standard InChI is InChI=1S/C17H23NO2/c1-13-17(12-14-8-6-5-7-9-14)11-10-15(2,3)19-16(17,4)20-18-13/h5-9H,10-12H2,1-4H3/t16-,17-/m0/s1. The molecule has 0 N–H and O–H groups in total. The third-order valence-electron chi connectivity index (χ3n) is 4.89. The summed E-state index contributed by atoms with van der Waals surface area (Å²) >= 11 is 0. The first-order chi connectivity index (χ1) is 9.37. The van der Waals surface area contributed by atoms with Crippen molar-refractivity contribution in [3.8, 4) is 0 Å². The lowest BCUT2D eigenvalue weighted by Crippen LogP contribution is -2.58. The van der Waals surface area contributed by atoms with Gasteiger partial charge in [0.05, 0.1) is 16.7 Å². The Hall–Kier alpha value is -1.35. The molecule has 0 radical (unpaired) electrons. The molecule has 0 spiro atoms. The van der Waals surface area contributed by atoms with Crippen molar-refractivity contribution in [3.05, 3.63) is 35.9 Å². The van der Waals surface area contributed by atoms with E-state index in [1.54, 1.807) is 0 Å². The van der Waals surface area contributed by atoms with Crippen LogP contribution in [-0.2, 0) is 16.0 Å². The molecule has 0 saturated carbocycles. The van der Waals surface area contributed by atoms with Crippen molar-refractivity contribution in [1.29, 1.82) is 0 Å². The van der Waals surface area contributed by atoms with Crippen molar-refractivity contribution in [1.82, 2.24) is 0 Å². The fourth-order valence-corrected chi connectivity index (χ4v) is 3.60. The SMILES string of the molecule is CC1=NO[C@]2(C)OC(C)(C)CC[C@]12Cc1ccccc1. The van der Waals surface area contributed by atoms with Gasteiger partial charge in [0.2, 0.25) is 5.79 Å². The van der Waals surface area contributed by atoms with Gasteiger partial charge in [0.15, 0.2) is 0 Å². The van der Waals surface area contributed by atoms with Gasteiger partial charge in [-0.1, -0.05) is 35.5 Å². The van der Waals surface area contributed by atoms with E-state index in [4.69, 9.17) is 9.57 Å². The summed E-state index contributed by atoms with van der Waals surface area (Å²) in [4.78, 5) is 5.73. The number of benzene rings is 1. The number of hydrogen-bond donors (Lipinski definition) is 0. The summed E-state index contributed by atoms with van der Waals surface area (Å²) in [6.07, 6.45) is 2.97. The zero-order valence-electron chi connectivity index (χ0n) is 12.8. The lowest BCUT2D eigenvalue weighted by molar-refractivity contribution is -0.322. The summed E-state index contributed by atoms with van der Waals surface area (Å²) in [6.45, 7) is 8.36. The number of rotatable bonds is 2. The molecule has 0 aromatic heterocycles. The molecular formula is C17H23NO2. The van der Waals surface area contributed by atoms with Crippen LogP contribution in [0.25, 0.3) is 0 Å². The molecule has 2 atom stereocenters. The first-order valence-corrected chi connectivity index (χ1v) is 7.34. The van der Waals surface area contributed by atoms with Gasteiger partial charge in [0, 0.05) is 6.92 Å². The summed E-state index contributed by atoms with van der Waals surface area (Å²) in [6, 6.07) is 10.5. The molecule has 0 bridgehead atoms. The van der Waals surface area contributed by atoms with Crippen LogP contribution in [0.3, 0.4) is 0 Å². The highest BCUT2D eigenvalue weighted by molar-refractivity contribution is 5.90. The van der Waals surface area contributed by atoms with Gasteiger partial charge in [-0.15, -0.1) is 0 Å². The van der Waals surface area contributed by atoms with E-state index in [0.29, 0.717) is 0 Å². The minimum absolute atomic E-state index is 0.149. The second kappa shape index (κ2) is 4.32. The molecule has 0 aliphatic carbocycles. The highest BCUT2D eigenvalue weighted by Gasteiger charge is 2.62. The second-order valence-electron chi connectivity index (χ2n) is 6.82. The topological polar surface area (TPSA) is 30.8 Å². The maximum Gasteiger partial charge on any atom is 0.245 e. The monoisotopic (exact) mass is 273 g/mol. The van der Waals surface area contributed by atoms with Crippen LogP contribution < -0.4 is 0 Å². The van der Waals surface area contributed by atoms with Crippen LogP contribution in [0.2, 0.25) is 0 Å². The molecule has 20 heavy (non-hydrogen) atoms. The molecule has 0 amide bonds. The van der Waals surface area contributed by atoms with Gasteiger partial charge in [-0.05, 0) is 45.6 Å². The largest absolute Gasteiger partial charge is 0.360 e. The van der Waals surface area contributed by atoms with Crippen LogP contribution >= 0.6 is 0 Å². The van der Waals surface area contributed by atoms with E-state index >= 15 is 0 Å². The highest BCUT2D eigenvalue weighted by atomic mass is 16.8. The van der Waals surface area contributed by atoms with E-state index in [1.807, 2.05) is 13.0 Å². The molecule has 2 aliphatic heterocycles. The first kappa shape index (κ1) is 13.6. The lowest BCUT2D eigenvalue weighted by atomic mass is 9.65. The van der Waals surface area contributed by atoms with Gasteiger partial charge < -0.3 is 9.57 Å². The fourth-order valence-electron chi connectivity index (χ4n) is 3.60. The molecule has 1 fully saturated rings. The lowest BCUT2D eigenvalue weighted by Gasteiger charge is -2.50. The van der Waals surface area contributed by atoms with E-state index in [0.717, 1.165) is 25.0 Å². The first-order valence-electron chi connectivity index (χ1n) is 7.34. The molecule has 108 valence electrons. The van der Waals surface area contributed by atoms with Crippen LogP contribution in [0, 0.1) is 5.41 Å². The van der Waals surface area contributed by atoms with Crippen LogP contribution in [-0.4, -0.2) is 17.1 Å². The number of hydrogen-bond acceptors (Lipinski definition) is 3. The molecule has 2 aliphatic rings. The molecular weight excluding hydrogens is 250 g/mol. The Morgan fingerprint density at radius 3 is 2.50 bits per heavy atom. The van der Waals surface area contributed by atoms with E-state index in [1.165, 1.54) is 5.56 Å². The molecule has 0 unspecified atom stereocenters. The van der Waals surface area contributed by atoms with Crippen molar-refractivity contribution in [2.45, 2.75) is 58.3 Å². The Morgan fingerprint density at radius 2 is 1.80 bits per heavy atom. The van der Waals surface area contributed by atoms with E-state index in [2.05, 4.69) is 50.2 Å². The number of fused-ring (bicyclic) bond motifs is 1. The molecule has 2 heterocycles. The predicted molar refractivity (Wildman–Crippen MR) is 79.6 cm³/mol. The van der Waals surface area contributed by atoms with Crippen LogP contribution in [0.15, 0.2) is 35.5 Å². The summed E-state index contributed by atoms with van der Waals surface area (Å²) in [7, 11) is 0. The molecule has 1 aromatic carbocycles.